The van der Waals surface area contributed by atoms with Crippen molar-refractivity contribution in [2.24, 2.45) is 0 Å². The van der Waals surface area contributed by atoms with Gasteiger partial charge < -0.3 is 15.7 Å². The Morgan fingerprint density at radius 2 is 2.07 bits per heavy atom. The topological polar surface area (TPSA) is 78.4 Å². The van der Waals surface area contributed by atoms with Crippen molar-refractivity contribution in [3.63, 3.8) is 0 Å². The third-order valence-corrected chi connectivity index (χ3v) is 6.27. The number of anilines is 1. The summed E-state index contributed by atoms with van der Waals surface area (Å²) < 4.78 is 0. The number of amides is 2. The van der Waals surface area contributed by atoms with Gasteiger partial charge in [0.1, 0.15) is 5.60 Å². The summed E-state index contributed by atoms with van der Waals surface area (Å²) in [4.78, 5) is 25.4. The Hall–Kier alpha value is -2.31. The molecule has 4 rings (SSSR count). The van der Waals surface area contributed by atoms with E-state index < -0.39 is 5.60 Å². The Morgan fingerprint density at radius 1 is 1.22 bits per heavy atom. The number of benzene rings is 2. The molecule has 0 saturated heterocycles. The van der Waals surface area contributed by atoms with E-state index in [9.17, 15) is 14.7 Å². The molecule has 0 saturated carbocycles. The molecule has 0 bridgehead atoms. The monoisotopic (exact) mass is 382 g/mol. The molecule has 1 unspecified atom stereocenters. The molecular formula is C21H22N2O3S. The SMILES string of the molecule is O=C1CCSc2ccc(C(=O)NCC3(O)CCCc4ccccc43)cc2N1. The summed E-state index contributed by atoms with van der Waals surface area (Å²) in [6.07, 6.45) is 2.94. The van der Waals surface area contributed by atoms with Gasteiger partial charge in [-0.25, -0.2) is 0 Å². The van der Waals surface area contributed by atoms with Crippen molar-refractivity contribution < 1.29 is 14.7 Å². The minimum Gasteiger partial charge on any atom is -0.383 e. The molecule has 0 aromatic heterocycles. The van der Waals surface area contributed by atoms with Gasteiger partial charge in [-0.15, -0.1) is 11.8 Å². The number of hydrogen-bond donors (Lipinski definition) is 3. The number of thioether (sulfide) groups is 1. The van der Waals surface area contributed by atoms with E-state index in [1.165, 1.54) is 0 Å². The number of carbonyl (C=O) groups excluding carboxylic acids is 2. The zero-order valence-corrected chi connectivity index (χ0v) is 15.8. The van der Waals surface area contributed by atoms with Crippen LogP contribution in [0.4, 0.5) is 5.69 Å². The van der Waals surface area contributed by atoms with Crippen LogP contribution in [0.5, 0.6) is 0 Å². The van der Waals surface area contributed by atoms with Crippen LogP contribution in [0.2, 0.25) is 0 Å². The van der Waals surface area contributed by atoms with Gasteiger partial charge >= 0.3 is 0 Å². The summed E-state index contributed by atoms with van der Waals surface area (Å²) in [6.45, 7) is 0.168. The van der Waals surface area contributed by atoms with E-state index in [0.29, 0.717) is 24.1 Å². The highest BCUT2D eigenvalue weighted by Crippen LogP contribution is 2.35. The third kappa shape index (κ3) is 3.73. The summed E-state index contributed by atoms with van der Waals surface area (Å²) >= 11 is 1.61. The van der Waals surface area contributed by atoms with E-state index in [4.69, 9.17) is 0 Å². The maximum absolute atomic E-state index is 12.7. The molecule has 2 aliphatic rings. The number of aryl methyl sites for hydroxylation is 1. The van der Waals surface area contributed by atoms with Crippen LogP contribution < -0.4 is 10.6 Å². The highest BCUT2D eigenvalue weighted by molar-refractivity contribution is 7.99. The highest BCUT2D eigenvalue weighted by Gasteiger charge is 2.34. The Labute approximate surface area is 162 Å². The molecular weight excluding hydrogens is 360 g/mol. The molecule has 27 heavy (non-hydrogen) atoms. The predicted octanol–water partition coefficient (Wildman–Crippen LogP) is 3.07. The van der Waals surface area contributed by atoms with Crippen LogP contribution in [0, 0.1) is 0 Å². The lowest BCUT2D eigenvalue weighted by Gasteiger charge is -2.34. The largest absolute Gasteiger partial charge is 0.383 e. The van der Waals surface area contributed by atoms with E-state index in [-0.39, 0.29) is 18.4 Å². The van der Waals surface area contributed by atoms with Crippen LogP contribution in [0.25, 0.3) is 0 Å². The van der Waals surface area contributed by atoms with Gasteiger partial charge in [0.25, 0.3) is 5.91 Å². The van der Waals surface area contributed by atoms with E-state index in [1.807, 2.05) is 30.3 Å². The first-order valence-electron chi connectivity index (χ1n) is 9.21. The van der Waals surface area contributed by atoms with Gasteiger partial charge in [0.15, 0.2) is 0 Å². The first-order valence-corrected chi connectivity index (χ1v) is 10.2. The van der Waals surface area contributed by atoms with E-state index >= 15 is 0 Å². The Balaban J connectivity index is 1.50. The normalized spacial score (nSPS) is 21.4. The van der Waals surface area contributed by atoms with Crippen LogP contribution in [0.1, 0.15) is 40.7 Å². The van der Waals surface area contributed by atoms with Crippen molar-refractivity contribution in [2.45, 2.75) is 36.2 Å². The summed E-state index contributed by atoms with van der Waals surface area (Å²) in [6, 6.07) is 13.2. The van der Waals surface area contributed by atoms with Crippen molar-refractivity contribution in [1.29, 1.82) is 0 Å². The summed E-state index contributed by atoms with van der Waals surface area (Å²) in [7, 11) is 0. The van der Waals surface area contributed by atoms with Crippen LogP contribution >= 0.6 is 11.8 Å². The summed E-state index contributed by atoms with van der Waals surface area (Å²) in [5, 5.41) is 16.8. The molecule has 2 amide bonds. The molecule has 2 aromatic carbocycles. The molecule has 3 N–H and O–H groups in total. The molecule has 140 valence electrons. The maximum atomic E-state index is 12.7. The number of nitrogens with one attached hydrogen (secondary N) is 2. The Bertz CT molecular complexity index is 899. The summed E-state index contributed by atoms with van der Waals surface area (Å²) in [5.41, 5.74) is 2.16. The molecule has 0 fully saturated rings. The zero-order chi connectivity index (χ0) is 18.9. The van der Waals surface area contributed by atoms with E-state index in [1.54, 1.807) is 23.9 Å². The van der Waals surface area contributed by atoms with Crippen LogP contribution in [-0.4, -0.2) is 29.2 Å². The molecule has 1 atom stereocenters. The first-order chi connectivity index (χ1) is 13.0. The lowest BCUT2D eigenvalue weighted by molar-refractivity contribution is -0.115. The quantitative estimate of drug-likeness (QED) is 0.762. The number of fused-ring (bicyclic) bond motifs is 2. The lowest BCUT2D eigenvalue weighted by atomic mass is 9.79. The average Bonchev–Trinajstić information content (AvgIpc) is 2.86. The lowest BCUT2D eigenvalue weighted by Crippen LogP contribution is -2.43. The fourth-order valence-electron chi connectivity index (χ4n) is 3.77. The predicted molar refractivity (Wildman–Crippen MR) is 106 cm³/mol. The van der Waals surface area contributed by atoms with Crippen molar-refractivity contribution in [2.75, 3.05) is 17.6 Å². The van der Waals surface area contributed by atoms with Gasteiger partial charge in [-0.3, -0.25) is 9.59 Å². The van der Waals surface area contributed by atoms with Crippen LogP contribution in [-0.2, 0) is 16.8 Å². The van der Waals surface area contributed by atoms with E-state index in [0.717, 1.165) is 34.6 Å². The second-order valence-electron chi connectivity index (χ2n) is 7.08. The molecule has 1 aliphatic carbocycles. The third-order valence-electron chi connectivity index (χ3n) is 5.20. The Morgan fingerprint density at radius 3 is 2.96 bits per heavy atom. The van der Waals surface area contributed by atoms with Crippen molar-refractivity contribution in [3.8, 4) is 0 Å². The minimum absolute atomic E-state index is 0.0352. The highest BCUT2D eigenvalue weighted by atomic mass is 32.2. The number of rotatable bonds is 3. The van der Waals surface area contributed by atoms with Crippen LogP contribution in [0.3, 0.4) is 0 Å². The second kappa shape index (κ2) is 7.37. The van der Waals surface area contributed by atoms with Crippen molar-refractivity contribution >= 4 is 29.3 Å². The van der Waals surface area contributed by atoms with Gasteiger partial charge in [-0.2, -0.15) is 0 Å². The van der Waals surface area contributed by atoms with Gasteiger partial charge in [0.2, 0.25) is 5.91 Å². The van der Waals surface area contributed by atoms with Crippen molar-refractivity contribution in [1.82, 2.24) is 5.32 Å². The molecule has 0 spiro atoms. The van der Waals surface area contributed by atoms with Gasteiger partial charge in [0, 0.05) is 22.6 Å². The standard InChI is InChI=1S/C21H22N2O3S/c24-19-9-11-27-18-8-7-15(12-17(18)23-19)20(25)22-13-21(26)10-3-5-14-4-1-2-6-16(14)21/h1-2,4,6-8,12,26H,3,5,9-11,13H2,(H,22,25)(H,23,24). The zero-order valence-electron chi connectivity index (χ0n) is 15.0. The molecule has 6 heteroatoms. The van der Waals surface area contributed by atoms with Gasteiger partial charge in [-0.1, -0.05) is 24.3 Å². The smallest absolute Gasteiger partial charge is 0.251 e. The molecule has 5 nitrogen and oxygen atoms in total. The molecule has 2 aromatic rings. The fourth-order valence-corrected chi connectivity index (χ4v) is 4.71. The van der Waals surface area contributed by atoms with Crippen LogP contribution in [0.15, 0.2) is 47.4 Å². The molecule has 0 radical (unpaired) electrons. The number of aliphatic hydroxyl groups is 1. The molecule has 1 aliphatic heterocycles. The minimum atomic E-state index is -1.04. The first kappa shape index (κ1) is 18.1. The fraction of sp³-hybridized carbons (Fsp3) is 0.333. The van der Waals surface area contributed by atoms with E-state index in [2.05, 4.69) is 10.6 Å². The Kier molecular flexibility index (Phi) is 4.93. The average molecular weight is 382 g/mol. The number of carbonyl (C=O) groups is 2. The number of hydrogen-bond acceptors (Lipinski definition) is 4. The van der Waals surface area contributed by atoms with Gasteiger partial charge in [0.05, 0.1) is 12.2 Å². The second-order valence-corrected chi connectivity index (χ2v) is 8.22. The maximum Gasteiger partial charge on any atom is 0.251 e. The summed E-state index contributed by atoms with van der Waals surface area (Å²) in [5.74, 6) is 0.446. The van der Waals surface area contributed by atoms with Crippen molar-refractivity contribution in [3.05, 3.63) is 59.2 Å². The van der Waals surface area contributed by atoms with Gasteiger partial charge in [-0.05, 0) is 48.6 Å². The molecule has 1 heterocycles.